The molecule has 1 aromatic carbocycles. The van der Waals surface area contributed by atoms with Gasteiger partial charge in [0, 0.05) is 32.7 Å². The standard InChI is InChI=1S/C18H28N2O2/c1-14(2)12-19-7-9-20(10-8-19)18(21)13-22-17-11-15(3)5-6-16(17)4/h5-6,11,14H,7-10,12-13H2,1-4H3. The van der Waals surface area contributed by atoms with Gasteiger partial charge in [0.05, 0.1) is 0 Å². The highest BCUT2D eigenvalue weighted by Gasteiger charge is 2.21. The summed E-state index contributed by atoms with van der Waals surface area (Å²) >= 11 is 0. The van der Waals surface area contributed by atoms with Crippen LogP contribution in [0.1, 0.15) is 25.0 Å². The van der Waals surface area contributed by atoms with E-state index in [1.807, 2.05) is 30.9 Å². The molecule has 122 valence electrons. The average Bonchev–Trinajstić information content (AvgIpc) is 2.48. The van der Waals surface area contributed by atoms with Gasteiger partial charge in [0.2, 0.25) is 0 Å². The number of hydrogen-bond acceptors (Lipinski definition) is 3. The molecule has 0 N–H and O–H groups in total. The molecular formula is C18H28N2O2. The molecule has 0 saturated carbocycles. The maximum atomic E-state index is 12.3. The highest BCUT2D eigenvalue weighted by Crippen LogP contribution is 2.19. The molecule has 1 aliphatic rings. The van der Waals surface area contributed by atoms with Crippen molar-refractivity contribution in [2.45, 2.75) is 27.7 Å². The first-order chi connectivity index (χ1) is 10.5. The summed E-state index contributed by atoms with van der Waals surface area (Å²) in [6.45, 7) is 13.3. The molecule has 1 aromatic rings. The lowest BCUT2D eigenvalue weighted by Gasteiger charge is -2.35. The second-order valence-corrected chi connectivity index (χ2v) is 6.63. The Hall–Kier alpha value is -1.55. The third kappa shape index (κ3) is 4.73. The van der Waals surface area contributed by atoms with Crippen LogP contribution in [0.2, 0.25) is 0 Å². The largest absolute Gasteiger partial charge is 0.483 e. The van der Waals surface area contributed by atoms with Gasteiger partial charge < -0.3 is 9.64 Å². The van der Waals surface area contributed by atoms with Gasteiger partial charge >= 0.3 is 0 Å². The minimum atomic E-state index is 0.0881. The summed E-state index contributed by atoms with van der Waals surface area (Å²) in [5.41, 5.74) is 2.22. The van der Waals surface area contributed by atoms with Gasteiger partial charge in [-0.05, 0) is 37.0 Å². The van der Waals surface area contributed by atoms with Crippen LogP contribution in [0.5, 0.6) is 5.75 Å². The van der Waals surface area contributed by atoms with E-state index in [1.54, 1.807) is 0 Å². The van der Waals surface area contributed by atoms with Gasteiger partial charge in [0.1, 0.15) is 5.75 Å². The van der Waals surface area contributed by atoms with Gasteiger partial charge in [-0.2, -0.15) is 0 Å². The zero-order valence-electron chi connectivity index (χ0n) is 14.3. The Bertz CT molecular complexity index is 506. The highest BCUT2D eigenvalue weighted by molar-refractivity contribution is 5.78. The lowest BCUT2D eigenvalue weighted by molar-refractivity contribution is -0.135. The van der Waals surface area contributed by atoms with E-state index in [4.69, 9.17) is 4.74 Å². The maximum absolute atomic E-state index is 12.3. The molecule has 0 unspecified atom stereocenters. The molecule has 0 aliphatic carbocycles. The Morgan fingerprint density at radius 2 is 1.86 bits per heavy atom. The number of aryl methyl sites for hydroxylation is 2. The van der Waals surface area contributed by atoms with Crippen LogP contribution in [-0.4, -0.2) is 55.0 Å². The quantitative estimate of drug-likeness (QED) is 0.838. The number of piperazine rings is 1. The van der Waals surface area contributed by atoms with Crippen LogP contribution in [-0.2, 0) is 4.79 Å². The first-order valence-corrected chi connectivity index (χ1v) is 8.16. The summed E-state index contributed by atoms with van der Waals surface area (Å²) in [7, 11) is 0. The van der Waals surface area contributed by atoms with Gasteiger partial charge in [-0.15, -0.1) is 0 Å². The smallest absolute Gasteiger partial charge is 0.260 e. The van der Waals surface area contributed by atoms with Crippen molar-refractivity contribution in [2.24, 2.45) is 5.92 Å². The molecule has 1 amide bonds. The summed E-state index contributed by atoms with van der Waals surface area (Å²) in [6, 6.07) is 6.07. The molecule has 2 rings (SSSR count). The molecule has 1 fully saturated rings. The van der Waals surface area contributed by atoms with Crippen molar-refractivity contribution in [3.8, 4) is 5.75 Å². The Kier molecular flexibility index (Phi) is 5.83. The summed E-state index contributed by atoms with van der Waals surface area (Å²) in [6.07, 6.45) is 0. The third-order valence-corrected chi connectivity index (χ3v) is 4.04. The van der Waals surface area contributed by atoms with Gasteiger partial charge in [0.15, 0.2) is 6.61 Å². The average molecular weight is 304 g/mol. The van der Waals surface area contributed by atoms with Crippen molar-refractivity contribution in [2.75, 3.05) is 39.3 Å². The van der Waals surface area contributed by atoms with Crippen molar-refractivity contribution < 1.29 is 9.53 Å². The Morgan fingerprint density at radius 1 is 1.18 bits per heavy atom. The molecule has 1 aliphatic heterocycles. The van der Waals surface area contributed by atoms with Crippen LogP contribution >= 0.6 is 0 Å². The molecule has 4 nitrogen and oxygen atoms in total. The first kappa shape index (κ1) is 16.8. The topological polar surface area (TPSA) is 32.8 Å². The SMILES string of the molecule is Cc1ccc(C)c(OCC(=O)N2CCN(CC(C)C)CC2)c1. The van der Waals surface area contributed by atoms with Gasteiger partial charge in [0.25, 0.3) is 5.91 Å². The molecule has 0 radical (unpaired) electrons. The fraction of sp³-hybridized carbons (Fsp3) is 0.611. The molecule has 22 heavy (non-hydrogen) atoms. The Labute approximate surface area is 134 Å². The summed E-state index contributed by atoms with van der Waals surface area (Å²) in [5.74, 6) is 1.58. The van der Waals surface area contributed by atoms with Gasteiger partial charge in [-0.1, -0.05) is 26.0 Å². The van der Waals surface area contributed by atoms with Crippen molar-refractivity contribution >= 4 is 5.91 Å². The van der Waals surface area contributed by atoms with Crippen LogP contribution in [0.3, 0.4) is 0 Å². The van der Waals surface area contributed by atoms with E-state index in [-0.39, 0.29) is 12.5 Å². The minimum absolute atomic E-state index is 0.0881. The number of hydrogen-bond donors (Lipinski definition) is 0. The predicted octanol–water partition coefficient (Wildman–Crippen LogP) is 2.48. The molecule has 0 spiro atoms. The normalized spacial score (nSPS) is 16.1. The Morgan fingerprint density at radius 3 is 2.50 bits per heavy atom. The monoisotopic (exact) mass is 304 g/mol. The van der Waals surface area contributed by atoms with Crippen LogP contribution in [0.25, 0.3) is 0 Å². The zero-order valence-corrected chi connectivity index (χ0v) is 14.3. The summed E-state index contributed by atoms with van der Waals surface area (Å²) < 4.78 is 5.72. The van der Waals surface area contributed by atoms with E-state index in [9.17, 15) is 4.79 Å². The number of carbonyl (C=O) groups is 1. The highest BCUT2D eigenvalue weighted by atomic mass is 16.5. The minimum Gasteiger partial charge on any atom is -0.483 e. The van der Waals surface area contributed by atoms with Crippen molar-refractivity contribution in [1.29, 1.82) is 0 Å². The molecule has 0 bridgehead atoms. The second-order valence-electron chi connectivity index (χ2n) is 6.63. The fourth-order valence-electron chi connectivity index (χ4n) is 2.79. The third-order valence-electron chi connectivity index (χ3n) is 4.04. The lowest BCUT2D eigenvalue weighted by atomic mass is 10.1. The predicted molar refractivity (Wildman–Crippen MR) is 89.3 cm³/mol. The Balaban J connectivity index is 1.80. The summed E-state index contributed by atoms with van der Waals surface area (Å²) in [5, 5.41) is 0. The van der Waals surface area contributed by atoms with E-state index in [0.29, 0.717) is 5.92 Å². The van der Waals surface area contributed by atoms with E-state index in [0.717, 1.165) is 49.6 Å². The van der Waals surface area contributed by atoms with Crippen LogP contribution < -0.4 is 4.74 Å². The number of amides is 1. The number of carbonyl (C=O) groups excluding carboxylic acids is 1. The first-order valence-electron chi connectivity index (χ1n) is 8.16. The van der Waals surface area contributed by atoms with Crippen molar-refractivity contribution in [1.82, 2.24) is 9.80 Å². The molecule has 4 heteroatoms. The van der Waals surface area contributed by atoms with E-state index in [2.05, 4.69) is 24.8 Å². The fourth-order valence-corrected chi connectivity index (χ4v) is 2.79. The molecule has 0 aromatic heterocycles. The number of benzene rings is 1. The second kappa shape index (κ2) is 7.63. The van der Waals surface area contributed by atoms with E-state index in [1.165, 1.54) is 0 Å². The number of ether oxygens (including phenoxy) is 1. The number of rotatable bonds is 5. The van der Waals surface area contributed by atoms with Crippen LogP contribution in [0.15, 0.2) is 18.2 Å². The number of nitrogens with zero attached hydrogens (tertiary/aromatic N) is 2. The molecule has 1 saturated heterocycles. The molecule has 0 atom stereocenters. The molecule has 1 heterocycles. The van der Waals surface area contributed by atoms with Gasteiger partial charge in [-0.3, -0.25) is 9.69 Å². The van der Waals surface area contributed by atoms with E-state index < -0.39 is 0 Å². The van der Waals surface area contributed by atoms with Crippen molar-refractivity contribution in [3.63, 3.8) is 0 Å². The van der Waals surface area contributed by atoms with E-state index >= 15 is 0 Å². The maximum Gasteiger partial charge on any atom is 0.260 e. The summed E-state index contributed by atoms with van der Waals surface area (Å²) in [4.78, 5) is 16.6. The lowest BCUT2D eigenvalue weighted by Crippen LogP contribution is -2.50. The van der Waals surface area contributed by atoms with Crippen LogP contribution in [0.4, 0.5) is 0 Å². The molecular weight excluding hydrogens is 276 g/mol. The zero-order chi connectivity index (χ0) is 16.1. The van der Waals surface area contributed by atoms with Crippen molar-refractivity contribution in [3.05, 3.63) is 29.3 Å². The van der Waals surface area contributed by atoms with Gasteiger partial charge in [-0.25, -0.2) is 0 Å². The van der Waals surface area contributed by atoms with Crippen LogP contribution in [0, 0.1) is 19.8 Å².